The predicted molar refractivity (Wildman–Crippen MR) is 181 cm³/mol. The zero-order chi connectivity index (χ0) is 32.8. The zero-order valence-electron chi connectivity index (χ0n) is 25.7. The molecule has 45 heavy (non-hydrogen) atoms. The van der Waals surface area contributed by atoms with Gasteiger partial charge in [-0.25, -0.2) is 8.42 Å². The van der Waals surface area contributed by atoms with Crippen LogP contribution in [0, 0.1) is 6.92 Å². The van der Waals surface area contributed by atoms with Crippen LogP contribution in [-0.4, -0.2) is 43.3 Å². The monoisotopic (exact) mass is 665 g/mol. The Morgan fingerprint density at radius 1 is 0.800 bits per heavy atom. The second kappa shape index (κ2) is 14.5. The number of amides is 2. The molecule has 0 aliphatic heterocycles. The number of hydrogen-bond donors (Lipinski definition) is 1. The molecule has 0 aliphatic rings. The molecule has 0 saturated heterocycles. The highest BCUT2D eigenvalue weighted by molar-refractivity contribution is 7.92. The average Bonchev–Trinajstić information content (AvgIpc) is 2.97. The summed E-state index contributed by atoms with van der Waals surface area (Å²) in [5.41, 5.74) is 2.18. The number of carbonyl (C=O) groups excluding carboxylic acids is 2. The summed E-state index contributed by atoms with van der Waals surface area (Å²) in [5.74, 6) is -0.923. The molecule has 0 fully saturated rings. The lowest BCUT2D eigenvalue weighted by Gasteiger charge is -2.35. The van der Waals surface area contributed by atoms with E-state index in [9.17, 15) is 18.0 Å². The molecule has 0 unspecified atom stereocenters. The molecule has 0 aliphatic carbocycles. The standard InChI is InChI=1S/C35H37Cl2N3O4S/c1-25-12-11-15-27(18-25)23-39(32(34(42)38-35(2,3)4)19-26-13-7-5-8-14-26)33(41)24-40(30-21-28(36)20-29(37)22-30)45(43,44)31-16-9-6-10-17-31/h5-18,20-22,32H,19,23-24H2,1-4H3,(H,38,42)/t32-/m1/s1. The van der Waals surface area contributed by atoms with E-state index in [0.717, 1.165) is 21.0 Å². The fraction of sp³-hybridized carbons (Fsp3) is 0.257. The minimum atomic E-state index is -4.26. The number of halogens is 2. The number of hydrogen-bond acceptors (Lipinski definition) is 4. The molecule has 0 heterocycles. The van der Waals surface area contributed by atoms with Crippen molar-refractivity contribution in [3.63, 3.8) is 0 Å². The van der Waals surface area contributed by atoms with Crippen LogP contribution in [0.2, 0.25) is 10.0 Å². The average molecular weight is 667 g/mol. The van der Waals surface area contributed by atoms with Gasteiger partial charge in [-0.15, -0.1) is 0 Å². The Kier molecular flexibility index (Phi) is 11.0. The van der Waals surface area contributed by atoms with Gasteiger partial charge >= 0.3 is 0 Å². The van der Waals surface area contributed by atoms with E-state index in [1.165, 1.54) is 35.2 Å². The second-order valence-electron chi connectivity index (χ2n) is 11.9. The molecule has 7 nitrogen and oxygen atoms in total. The summed E-state index contributed by atoms with van der Waals surface area (Å²) in [6, 6.07) is 28.3. The number of rotatable bonds is 11. The first-order valence-corrected chi connectivity index (χ1v) is 16.7. The van der Waals surface area contributed by atoms with Gasteiger partial charge in [-0.1, -0.05) is 102 Å². The summed E-state index contributed by atoms with van der Waals surface area (Å²) in [6.45, 7) is 7.02. The molecule has 0 bridgehead atoms. The van der Waals surface area contributed by atoms with Crippen LogP contribution in [0.3, 0.4) is 0 Å². The van der Waals surface area contributed by atoms with Crippen LogP contribution in [0.1, 0.15) is 37.5 Å². The van der Waals surface area contributed by atoms with Gasteiger partial charge in [0.25, 0.3) is 10.0 Å². The van der Waals surface area contributed by atoms with Crippen molar-refractivity contribution in [2.45, 2.75) is 57.1 Å². The molecule has 0 spiro atoms. The molecule has 4 aromatic carbocycles. The van der Waals surface area contributed by atoms with Gasteiger partial charge in [0, 0.05) is 28.5 Å². The lowest BCUT2D eigenvalue weighted by atomic mass is 10.0. The minimum Gasteiger partial charge on any atom is -0.350 e. The quantitative estimate of drug-likeness (QED) is 0.186. The molecule has 236 valence electrons. The van der Waals surface area contributed by atoms with Crippen molar-refractivity contribution < 1.29 is 18.0 Å². The smallest absolute Gasteiger partial charge is 0.264 e. The first-order valence-electron chi connectivity index (χ1n) is 14.5. The predicted octanol–water partition coefficient (Wildman–Crippen LogP) is 7.05. The van der Waals surface area contributed by atoms with Gasteiger partial charge in [-0.2, -0.15) is 0 Å². The maximum atomic E-state index is 14.5. The van der Waals surface area contributed by atoms with Crippen molar-refractivity contribution in [2.75, 3.05) is 10.8 Å². The van der Waals surface area contributed by atoms with Gasteiger partial charge in [0.15, 0.2) is 0 Å². The van der Waals surface area contributed by atoms with Crippen molar-refractivity contribution in [1.82, 2.24) is 10.2 Å². The summed E-state index contributed by atoms with van der Waals surface area (Å²) in [7, 11) is -4.26. The van der Waals surface area contributed by atoms with Crippen LogP contribution < -0.4 is 9.62 Å². The highest BCUT2D eigenvalue weighted by Gasteiger charge is 2.35. The summed E-state index contributed by atoms with van der Waals surface area (Å²) in [5, 5.41) is 3.45. The van der Waals surface area contributed by atoms with E-state index < -0.39 is 34.1 Å². The number of anilines is 1. The van der Waals surface area contributed by atoms with E-state index >= 15 is 0 Å². The van der Waals surface area contributed by atoms with Crippen molar-refractivity contribution in [1.29, 1.82) is 0 Å². The van der Waals surface area contributed by atoms with E-state index in [-0.39, 0.29) is 39.5 Å². The Morgan fingerprint density at radius 3 is 1.96 bits per heavy atom. The molecule has 4 rings (SSSR count). The van der Waals surface area contributed by atoms with Crippen LogP contribution in [0.15, 0.2) is 108 Å². The molecule has 10 heteroatoms. The highest BCUT2D eigenvalue weighted by atomic mass is 35.5. The van der Waals surface area contributed by atoms with Gasteiger partial charge in [0.1, 0.15) is 12.6 Å². The third kappa shape index (κ3) is 9.33. The number of nitrogens with zero attached hydrogens (tertiary/aromatic N) is 2. The van der Waals surface area contributed by atoms with Crippen LogP contribution in [0.25, 0.3) is 0 Å². The van der Waals surface area contributed by atoms with Crippen LogP contribution in [0.5, 0.6) is 0 Å². The van der Waals surface area contributed by atoms with Gasteiger partial charge in [-0.3, -0.25) is 13.9 Å². The van der Waals surface area contributed by atoms with E-state index in [1.807, 2.05) is 82.3 Å². The molecule has 1 N–H and O–H groups in total. The van der Waals surface area contributed by atoms with Crippen molar-refractivity contribution in [2.24, 2.45) is 0 Å². The van der Waals surface area contributed by atoms with Crippen LogP contribution in [-0.2, 0) is 32.6 Å². The van der Waals surface area contributed by atoms with E-state index in [0.29, 0.717) is 0 Å². The van der Waals surface area contributed by atoms with Gasteiger partial charge in [0.05, 0.1) is 10.6 Å². The molecule has 0 radical (unpaired) electrons. The molecule has 1 atom stereocenters. The fourth-order valence-electron chi connectivity index (χ4n) is 4.95. The molecule has 0 saturated carbocycles. The molecule has 4 aromatic rings. The van der Waals surface area contributed by atoms with E-state index in [1.54, 1.807) is 18.2 Å². The number of nitrogens with one attached hydrogen (secondary N) is 1. The number of sulfonamides is 1. The normalized spacial score (nSPS) is 12.3. The molecule has 2 amide bonds. The van der Waals surface area contributed by atoms with Gasteiger partial charge in [0.2, 0.25) is 11.8 Å². The fourth-order valence-corrected chi connectivity index (χ4v) is 6.88. The Hall–Kier alpha value is -3.85. The third-order valence-electron chi connectivity index (χ3n) is 6.95. The highest BCUT2D eigenvalue weighted by Crippen LogP contribution is 2.30. The largest absolute Gasteiger partial charge is 0.350 e. The lowest BCUT2D eigenvalue weighted by molar-refractivity contribution is -0.140. The summed E-state index contributed by atoms with van der Waals surface area (Å²) in [6.07, 6.45) is 0.217. The third-order valence-corrected chi connectivity index (χ3v) is 9.17. The molecule has 0 aromatic heterocycles. The number of carbonyl (C=O) groups is 2. The van der Waals surface area contributed by atoms with Crippen molar-refractivity contribution in [3.05, 3.63) is 130 Å². The Morgan fingerprint density at radius 2 is 1.38 bits per heavy atom. The number of aryl methyl sites for hydroxylation is 1. The molecular weight excluding hydrogens is 629 g/mol. The number of benzene rings is 4. The lowest BCUT2D eigenvalue weighted by Crippen LogP contribution is -2.56. The first kappa shape index (κ1) is 34.0. The van der Waals surface area contributed by atoms with Crippen LogP contribution in [0.4, 0.5) is 5.69 Å². The zero-order valence-corrected chi connectivity index (χ0v) is 28.0. The van der Waals surface area contributed by atoms with Gasteiger partial charge < -0.3 is 10.2 Å². The van der Waals surface area contributed by atoms with Crippen molar-refractivity contribution >= 4 is 50.7 Å². The minimum absolute atomic E-state index is 0.00885. The maximum absolute atomic E-state index is 14.5. The van der Waals surface area contributed by atoms with Gasteiger partial charge in [-0.05, 0) is 69.2 Å². The van der Waals surface area contributed by atoms with E-state index in [2.05, 4.69) is 5.32 Å². The Bertz CT molecular complexity index is 1720. The topological polar surface area (TPSA) is 86.8 Å². The summed E-state index contributed by atoms with van der Waals surface area (Å²) >= 11 is 12.6. The maximum Gasteiger partial charge on any atom is 0.264 e. The summed E-state index contributed by atoms with van der Waals surface area (Å²) < 4.78 is 29.2. The molecular formula is C35H37Cl2N3O4S. The Balaban J connectivity index is 1.84. The van der Waals surface area contributed by atoms with Crippen LogP contribution >= 0.6 is 23.2 Å². The van der Waals surface area contributed by atoms with E-state index in [4.69, 9.17) is 23.2 Å². The SMILES string of the molecule is Cc1cccc(CN(C(=O)CN(c2cc(Cl)cc(Cl)c2)S(=O)(=O)c2ccccc2)[C@H](Cc2ccccc2)C(=O)NC(C)(C)C)c1. The van der Waals surface area contributed by atoms with Crippen molar-refractivity contribution in [3.8, 4) is 0 Å². The summed E-state index contributed by atoms with van der Waals surface area (Å²) in [4.78, 5) is 29.9. The second-order valence-corrected chi connectivity index (χ2v) is 14.6. The first-order chi connectivity index (χ1) is 21.2. The Labute approximate surface area is 275 Å².